The van der Waals surface area contributed by atoms with Crippen LogP contribution in [0.15, 0.2) is 18.2 Å². The number of anilines is 1. The highest BCUT2D eigenvalue weighted by Gasteiger charge is 2.47. The van der Waals surface area contributed by atoms with E-state index in [9.17, 15) is 9.59 Å². The van der Waals surface area contributed by atoms with Crippen molar-refractivity contribution in [3.05, 3.63) is 29.3 Å². The van der Waals surface area contributed by atoms with E-state index in [1.54, 1.807) is 0 Å². The number of amides is 3. The molecule has 0 atom stereocenters. The third-order valence-electron chi connectivity index (χ3n) is 5.39. The van der Waals surface area contributed by atoms with E-state index in [0.29, 0.717) is 13.1 Å². The average Bonchev–Trinajstić information content (AvgIpc) is 3.00. The normalized spacial score (nSPS) is 19.3. The van der Waals surface area contributed by atoms with E-state index >= 15 is 0 Å². The molecule has 2 saturated heterocycles. The molecule has 0 aliphatic carbocycles. The first kappa shape index (κ1) is 19.1. The van der Waals surface area contributed by atoms with Crippen LogP contribution in [-0.4, -0.2) is 52.0 Å². The number of nitrogens with zero attached hydrogens (tertiary/aromatic N) is 2. The highest BCUT2D eigenvalue weighted by molar-refractivity contribution is 8.00. The lowest BCUT2D eigenvalue weighted by Crippen LogP contribution is -2.55. The van der Waals surface area contributed by atoms with Crippen molar-refractivity contribution in [3.63, 3.8) is 0 Å². The molecular weight excluding hydrogens is 346 g/mol. The molecule has 0 radical (unpaired) electrons. The summed E-state index contributed by atoms with van der Waals surface area (Å²) in [7, 11) is 0. The molecule has 1 aromatic rings. The number of hydrogen-bond acceptors (Lipinski definition) is 3. The van der Waals surface area contributed by atoms with Crippen LogP contribution in [0.3, 0.4) is 0 Å². The van der Waals surface area contributed by atoms with Crippen molar-refractivity contribution >= 4 is 29.4 Å². The minimum atomic E-state index is -0.113. The third kappa shape index (κ3) is 3.70. The molecule has 1 N–H and O–H groups in total. The maximum absolute atomic E-state index is 12.7. The van der Waals surface area contributed by atoms with Gasteiger partial charge in [0.05, 0.1) is 4.87 Å². The minimum Gasteiger partial charge on any atom is -0.327 e. The number of hydrogen-bond donors (Lipinski definition) is 1. The fraction of sp³-hybridized carbons (Fsp3) is 0.600. The fourth-order valence-corrected chi connectivity index (χ4v) is 5.32. The van der Waals surface area contributed by atoms with Gasteiger partial charge in [-0.1, -0.05) is 31.5 Å². The summed E-state index contributed by atoms with van der Waals surface area (Å²) in [6, 6.07) is 6.00. The van der Waals surface area contributed by atoms with E-state index in [1.165, 1.54) is 5.56 Å². The van der Waals surface area contributed by atoms with Gasteiger partial charge in [-0.2, -0.15) is 0 Å². The topological polar surface area (TPSA) is 52.7 Å². The van der Waals surface area contributed by atoms with E-state index < -0.39 is 0 Å². The van der Waals surface area contributed by atoms with Crippen molar-refractivity contribution in [3.8, 4) is 0 Å². The number of carbonyl (C=O) groups excluding carboxylic acids is 2. The van der Waals surface area contributed by atoms with Crippen LogP contribution < -0.4 is 5.32 Å². The summed E-state index contributed by atoms with van der Waals surface area (Å²) in [6.07, 6.45) is 1.69. The summed E-state index contributed by atoms with van der Waals surface area (Å²) >= 11 is 1.89. The van der Waals surface area contributed by atoms with Gasteiger partial charge >= 0.3 is 6.03 Å². The molecule has 2 aliphatic rings. The Morgan fingerprint density at radius 1 is 1.15 bits per heavy atom. The Bertz CT molecular complexity index is 696. The zero-order valence-electron chi connectivity index (χ0n) is 16.2. The van der Waals surface area contributed by atoms with Gasteiger partial charge in [-0.3, -0.25) is 4.79 Å². The first-order valence-electron chi connectivity index (χ1n) is 9.41. The van der Waals surface area contributed by atoms with E-state index in [2.05, 4.69) is 16.3 Å². The Morgan fingerprint density at radius 2 is 1.85 bits per heavy atom. The summed E-state index contributed by atoms with van der Waals surface area (Å²) in [6.45, 7) is 10.2. The fourth-order valence-electron chi connectivity index (χ4n) is 3.85. The molecule has 0 bridgehead atoms. The lowest BCUT2D eigenvalue weighted by molar-refractivity contribution is -0.137. The van der Waals surface area contributed by atoms with E-state index in [0.717, 1.165) is 36.4 Å². The second-order valence-electron chi connectivity index (χ2n) is 7.67. The summed E-state index contributed by atoms with van der Waals surface area (Å²) in [5.41, 5.74) is 3.13. The maximum Gasteiger partial charge on any atom is 0.321 e. The number of nitrogens with one attached hydrogen (secondary N) is 1. The molecule has 2 fully saturated rings. The second kappa shape index (κ2) is 7.51. The summed E-state index contributed by atoms with van der Waals surface area (Å²) in [5.74, 6) is 1.26. The molecule has 3 rings (SSSR count). The number of aryl methyl sites for hydroxylation is 2. The SMILES string of the molecule is Cc1ccc(NC(=O)N2CCC3(CC2)SCCN3C(=O)C(C)C)c(C)c1. The highest BCUT2D eigenvalue weighted by Crippen LogP contribution is 2.44. The molecule has 0 saturated carbocycles. The molecule has 2 aliphatic heterocycles. The smallest absolute Gasteiger partial charge is 0.321 e. The highest BCUT2D eigenvalue weighted by atomic mass is 32.2. The Hall–Kier alpha value is -1.69. The first-order chi connectivity index (χ1) is 12.3. The Balaban J connectivity index is 1.62. The Labute approximate surface area is 160 Å². The van der Waals surface area contributed by atoms with Crippen molar-refractivity contribution in [2.24, 2.45) is 5.92 Å². The molecule has 0 aromatic heterocycles. The number of likely N-dealkylation sites (tertiary alicyclic amines) is 1. The van der Waals surface area contributed by atoms with Crippen molar-refractivity contribution in [1.82, 2.24) is 9.80 Å². The number of piperidine rings is 1. The molecule has 1 aromatic carbocycles. The molecule has 2 heterocycles. The van der Waals surface area contributed by atoms with Gasteiger partial charge in [-0.15, -0.1) is 11.8 Å². The molecule has 0 unspecified atom stereocenters. The van der Waals surface area contributed by atoms with Gasteiger partial charge in [0.1, 0.15) is 0 Å². The lowest BCUT2D eigenvalue weighted by Gasteiger charge is -2.44. The molecule has 26 heavy (non-hydrogen) atoms. The molecule has 142 valence electrons. The predicted molar refractivity (Wildman–Crippen MR) is 107 cm³/mol. The van der Waals surface area contributed by atoms with Gasteiger partial charge in [0.25, 0.3) is 0 Å². The zero-order chi connectivity index (χ0) is 18.9. The van der Waals surface area contributed by atoms with Gasteiger partial charge in [-0.05, 0) is 38.3 Å². The molecule has 6 heteroatoms. The Kier molecular flexibility index (Phi) is 5.51. The molecule has 5 nitrogen and oxygen atoms in total. The standard InChI is InChI=1S/C20H29N3O2S/c1-14(2)18(24)23-11-12-26-20(23)7-9-22(10-8-20)19(25)21-17-6-5-15(3)13-16(17)4/h5-6,13-14H,7-12H2,1-4H3,(H,21,25). The number of benzene rings is 1. The second-order valence-corrected chi connectivity index (χ2v) is 9.13. The predicted octanol–water partition coefficient (Wildman–Crippen LogP) is 3.86. The van der Waals surface area contributed by atoms with Crippen LogP contribution in [0.2, 0.25) is 0 Å². The number of carbonyl (C=O) groups is 2. The van der Waals surface area contributed by atoms with Crippen LogP contribution in [0.25, 0.3) is 0 Å². The maximum atomic E-state index is 12.7. The number of urea groups is 1. The van der Waals surface area contributed by atoms with Crippen molar-refractivity contribution in [2.45, 2.75) is 45.4 Å². The minimum absolute atomic E-state index is 0.0245. The number of rotatable bonds is 2. The Morgan fingerprint density at radius 3 is 2.46 bits per heavy atom. The van der Waals surface area contributed by atoms with Crippen LogP contribution in [-0.2, 0) is 4.79 Å². The third-order valence-corrected chi connectivity index (χ3v) is 6.95. The van der Waals surface area contributed by atoms with Gasteiger partial charge in [0, 0.05) is 37.0 Å². The monoisotopic (exact) mass is 375 g/mol. The summed E-state index contributed by atoms with van der Waals surface area (Å²) < 4.78 is 0. The summed E-state index contributed by atoms with van der Waals surface area (Å²) in [5, 5.41) is 3.04. The summed E-state index contributed by atoms with van der Waals surface area (Å²) in [4.78, 5) is 29.1. The molecule has 3 amide bonds. The average molecular weight is 376 g/mol. The zero-order valence-corrected chi connectivity index (χ0v) is 17.0. The quantitative estimate of drug-likeness (QED) is 0.854. The molecule has 1 spiro atoms. The van der Waals surface area contributed by atoms with E-state index in [1.807, 2.05) is 56.5 Å². The number of thioether (sulfide) groups is 1. The van der Waals surface area contributed by atoms with Gasteiger partial charge in [-0.25, -0.2) is 4.79 Å². The van der Waals surface area contributed by atoms with Gasteiger partial charge in [0.15, 0.2) is 0 Å². The van der Waals surface area contributed by atoms with E-state index in [-0.39, 0.29) is 22.7 Å². The van der Waals surface area contributed by atoms with Gasteiger partial charge in [0.2, 0.25) is 5.91 Å². The van der Waals surface area contributed by atoms with Crippen molar-refractivity contribution in [2.75, 3.05) is 30.7 Å². The lowest BCUT2D eigenvalue weighted by atomic mass is 10.0. The van der Waals surface area contributed by atoms with Crippen molar-refractivity contribution < 1.29 is 9.59 Å². The van der Waals surface area contributed by atoms with Crippen LogP contribution in [0.5, 0.6) is 0 Å². The molecular formula is C20H29N3O2S. The van der Waals surface area contributed by atoms with Crippen LogP contribution >= 0.6 is 11.8 Å². The van der Waals surface area contributed by atoms with E-state index in [4.69, 9.17) is 0 Å². The van der Waals surface area contributed by atoms with Crippen molar-refractivity contribution in [1.29, 1.82) is 0 Å². The first-order valence-corrected chi connectivity index (χ1v) is 10.4. The largest absolute Gasteiger partial charge is 0.327 e. The van der Waals surface area contributed by atoms with Crippen LogP contribution in [0.4, 0.5) is 10.5 Å². The van der Waals surface area contributed by atoms with Crippen LogP contribution in [0.1, 0.15) is 37.8 Å². The van der Waals surface area contributed by atoms with Crippen LogP contribution in [0, 0.1) is 19.8 Å². The van der Waals surface area contributed by atoms with Gasteiger partial charge < -0.3 is 15.1 Å².